The van der Waals surface area contributed by atoms with E-state index in [-0.39, 0.29) is 16.7 Å². The maximum absolute atomic E-state index is 12.5. The van der Waals surface area contributed by atoms with E-state index >= 15 is 0 Å². The Morgan fingerprint density at radius 3 is 2.04 bits per heavy atom. The average Bonchev–Trinajstić information content (AvgIpc) is 2.81. The summed E-state index contributed by atoms with van der Waals surface area (Å²) >= 11 is 3.44. The van der Waals surface area contributed by atoms with E-state index in [1.807, 2.05) is 36.4 Å². The first-order valence-corrected chi connectivity index (χ1v) is 9.88. The van der Waals surface area contributed by atoms with Crippen molar-refractivity contribution in [1.29, 1.82) is 0 Å². The lowest BCUT2D eigenvalue weighted by molar-refractivity contribution is -0.110. The van der Waals surface area contributed by atoms with Crippen LogP contribution in [0.4, 0.5) is 5.69 Å². The number of amides is 1. The quantitative estimate of drug-likeness (QED) is 0.528. The van der Waals surface area contributed by atoms with Gasteiger partial charge in [0.1, 0.15) is 5.75 Å². The second-order valence-corrected chi connectivity index (χ2v) is 10.1. The molecule has 0 unspecified atom stereocenters. The summed E-state index contributed by atoms with van der Waals surface area (Å²) in [6, 6.07) is 9.76. The molecule has 4 heteroatoms. The van der Waals surface area contributed by atoms with Crippen molar-refractivity contribution in [3.05, 3.63) is 57.1 Å². The lowest BCUT2D eigenvalue weighted by Gasteiger charge is -2.28. The number of carbonyl (C=O) groups is 1. The molecule has 3 rings (SSSR count). The van der Waals surface area contributed by atoms with Crippen molar-refractivity contribution in [2.75, 3.05) is 5.32 Å². The lowest BCUT2D eigenvalue weighted by Crippen LogP contribution is -2.17. The van der Waals surface area contributed by atoms with Gasteiger partial charge < -0.3 is 10.4 Å². The minimum absolute atomic E-state index is 0.106. The van der Waals surface area contributed by atoms with Crippen LogP contribution in [-0.4, -0.2) is 11.0 Å². The predicted octanol–water partition coefficient (Wildman–Crippen LogP) is 6.24. The zero-order chi connectivity index (χ0) is 20.1. The van der Waals surface area contributed by atoms with Crippen LogP contribution in [0.15, 0.2) is 34.8 Å². The smallest absolute Gasteiger partial charge is 0.256 e. The lowest BCUT2D eigenvalue weighted by atomic mass is 9.78. The summed E-state index contributed by atoms with van der Waals surface area (Å²) in [4.78, 5) is 12.5. The van der Waals surface area contributed by atoms with Gasteiger partial charge in [-0.15, -0.1) is 0 Å². The van der Waals surface area contributed by atoms with E-state index in [2.05, 4.69) is 62.8 Å². The number of anilines is 1. The Bertz CT molecular complexity index is 924. The summed E-state index contributed by atoms with van der Waals surface area (Å²) < 4.78 is 0.928. The third-order valence-corrected chi connectivity index (χ3v) is 5.32. The van der Waals surface area contributed by atoms with Crippen LogP contribution in [0.1, 0.15) is 63.8 Å². The molecule has 142 valence electrons. The van der Waals surface area contributed by atoms with E-state index in [4.69, 9.17) is 0 Å². The number of aromatic hydroxyl groups is 1. The van der Waals surface area contributed by atoms with Gasteiger partial charge in [0.05, 0.1) is 5.69 Å². The highest BCUT2D eigenvalue weighted by Crippen LogP contribution is 2.41. The van der Waals surface area contributed by atoms with E-state index in [9.17, 15) is 9.90 Å². The van der Waals surface area contributed by atoms with E-state index in [0.29, 0.717) is 11.3 Å². The average molecular weight is 428 g/mol. The molecule has 2 N–H and O–H groups in total. The zero-order valence-electron chi connectivity index (χ0n) is 16.7. The summed E-state index contributed by atoms with van der Waals surface area (Å²) in [5.41, 5.74) is 4.62. The van der Waals surface area contributed by atoms with Gasteiger partial charge in [0.15, 0.2) is 0 Å². The van der Waals surface area contributed by atoms with Gasteiger partial charge >= 0.3 is 0 Å². The number of phenolic OH excluding ortho intramolecular Hbond substituents is 1. The molecule has 0 bridgehead atoms. The number of hydrogen-bond acceptors (Lipinski definition) is 2. The molecule has 3 nitrogen and oxygen atoms in total. The first-order valence-electron chi connectivity index (χ1n) is 9.09. The normalized spacial score (nSPS) is 15.8. The number of benzene rings is 2. The van der Waals surface area contributed by atoms with Crippen molar-refractivity contribution in [1.82, 2.24) is 0 Å². The van der Waals surface area contributed by atoms with Crippen LogP contribution in [0.3, 0.4) is 0 Å². The number of fused-ring (bicyclic) bond motifs is 1. The number of halogens is 1. The van der Waals surface area contributed by atoms with Crippen molar-refractivity contribution < 1.29 is 9.90 Å². The summed E-state index contributed by atoms with van der Waals surface area (Å²) in [6.07, 6.45) is 1.92. The van der Waals surface area contributed by atoms with Gasteiger partial charge in [-0.05, 0) is 46.7 Å². The Balaban J connectivity index is 2.21. The molecular formula is C23H26BrNO2. The van der Waals surface area contributed by atoms with Crippen LogP contribution < -0.4 is 5.32 Å². The van der Waals surface area contributed by atoms with Gasteiger partial charge in [-0.3, -0.25) is 4.79 Å². The van der Waals surface area contributed by atoms with Crippen molar-refractivity contribution in [2.24, 2.45) is 0 Å². The summed E-state index contributed by atoms with van der Waals surface area (Å²) in [5.74, 6) is 0.239. The minimum Gasteiger partial charge on any atom is -0.507 e. The summed E-state index contributed by atoms with van der Waals surface area (Å²) in [5, 5.41) is 13.8. The van der Waals surface area contributed by atoms with Crippen LogP contribution in [-0.2, 0) is 15.6 Å². The molecular weight excluding hydrogens is 402 g/mol. The third kappa shape index (κ3) is 3.81. The molecule has 1 amide bonds. The molecule has 2 aromatic rings. The highest BCUT2D eigenvalue weighted by molar-refractivity contribution is 9.10. The van der Waals surface area contributed by atoms with Crippen LogP contribution in [0, 0.1) is 0 Å². The summed E-state index contributed by atoms with van der Waals surface area (Å²) in [6.45, 7) is 12.5. The fourth-order valence-corrected chi connectivity index (χ4v) is 3.72. The second kappa shape index (κ2) is 6.52. The number of hydrogen-bond donors (Lipinski definition) is 2. The van der Waals surface area contributed by atoms with Gasteiger partial charge in [0.25, 0.3) is 5.91 Å². The van der Waals surface area contributed by atoms with Gasteiger partial charge in [-0.1, -0.05) is 63.5 Å². The maximum atomic E-state index is 12.5. The molecule has 1 aliphatic rings. The van der Waals surface area contributed by atoms with Crippen LogP contribution in [0.5, 0.6) is 5.75 Å². The highest BCUT2D eigenvalue weighted by atomic mass is 79.9. The molecule has 0 atom stereocenters. The maximum Gasteiger partial charge on any atom is 0.256 e. The molecule has 0 spiro atoms. The Kier molecular flexibility index (Phi) is 4.75. The largest absolute Gasteiger partial charge is 0.507 e. The van der Waals surface area contributed by atoms with Gasteiger partial charge in [0, 0.05) is 26.7 Å². The zero-order valence-corrected chi connectivity index (χ0v) is 18.3. The Labute approximate surface area is 169 Å². The van der Waals surface area contributed by atoms with Crippen molar-refractivity contribution in [3.8, 4) is 5.75 Å². The topological polar surface area (TPSA) is 49.3 Å². The fourth-order valence-electron chi connectivity index (χ4n) is 3.36. The number of rotatable bonds is 1. The van der Waals surface area contributed by atoms with Crippen molar-refractivity contribution in [3.63, 3.8) is 0 Å². The number of phenols is 1. The molecule has 0 saturated carbocycles. The molecule has 0 fully saturated rings. The standard InChI is InChI=1S/C23H26BrNO2/c1-22(2,3)17-10-13(11-18(20(17)26)23(4,5)6)9-16-15-8-7-14(24)12-19(15)25-21(16)27/h7-12,26H,1-6H3,(H,25,27). The van der Waals surface area contributed by atoms with Gasteiger partial charge in [-0.2, -0.15) is 0 Å². The molecule has 0 aliphatic carbocycles. The number of nitrogens with one attached hydrogen (secondary N) is 1. The van der Waals surface area contributed by atoms with E-state index < -0.39 is 0 Å². The Morgan fingerprint density at radius 2 is 1.52 bits per heavy atom. The SMILES string of the molecule is CC(C)(C)c1cc(C=C2C(=O)Nc3cc(Br)ccc32)cc(C(C)(C)C)c1O. The van der Waals surface area contributed by atoms with Crippen molar-refractivity contribution >= 4 is 39.2 Å². The number of carbonyl (C=O) groups excluding carboxylic acids is 1. The van der Waals surface area contributed by atoms with Crippen LogP contribution in [0.2, 0.25) is 0 Å². The molecule has 1 aliphatic heterocycles. The minimum atomic E-state index is -0.209. The van der Waals surface area contributed by atoms with E-state index in [1.165, 1.54) is 0 Å². The summed E-state index contributed by atoms with van der Waals surface area (Å²) in [7, 11) is 0. The van der Waals surface area contributed by atoms with Crippen molar-refractivity contribution in [2.45, 2.75) is 52.4 Å². The Hall–Kier alpha value is -2.07. The first-order chi connectivity index (χ1) is 12.4. The Morgan fingerprint density at radius 1 is 0.963 bits per heavy atom. The second-order valence-electron chi connectivity index (χ2n) is 9.17. The fraction of sp³-hybridized carbons (Fsp3) is 0.348. The monoisotopic (exact) mass is 427 g/mol. The molecule has 1 heterocycles. The van der Waals surface area contributed by atoms with Gasteiger partial charge in [-0.25, -0.2) is 0 Å². The molecule has 27 heavy (non-hydrogen) atoms. The highest BCUT2D eigenvalue weighted by Gasteiger charge is 2.28. The predicted molar refractivity (Wildman–Crippen MR) is 116 cm³/mol. The first kappa shape index (κ1) is 19.7. The van der Waals surface area contributed by atoms with Gasteiger partial charge in [0.2, 0.25) is 0 Å². The van der Waals surface area contributed by atoms with Crippen LogP contribution in [0.25, 0.3) is 11.6 Å². The molecule has 0 radical (unpaired) electrons. The third-order valence-electron chi connectivity index (χ3n) is 4.82. The molecule has 0 aromatic heterocycles. The molecule has 0 saturated heterocycles. The van der Waals surface area contributed by atoms with Crippen LogP contribution >= 0.6 is 15.9 Å². The van der Waals surface area contributed by atoms with E-state index in [0.717, 1.165) is 32.4 Å². The molecule has 2 aromatic carbocycles. The van der Waals surface area contributed by atoms with E-state index in [1.54, 1.807) is 0 Å².